The lowest BCUT2D eigenvalue weighted by atomic mass is 10.2. The lowest BCUT2D eigenvalue weighted by Crippen LogP contribution is -2.21. The number of carboxylic acid groups (broad SMARTS) is 1. The molecule has 1 heterocycles. The molecule has 5 nitrogen and oxygen atoms in total. The molecule has 88 valence electrons. The Morgan fingerprint density at radius 2 is 2.06 bits per heavy atom. The van der Waals surface area contributed by atoms with Crippen molar-refractivity contribution in [3.8, 4) is 11.3 Å². The first kappa shape index (κ1) is 11.6. The summed E-state index contributed by atoms with van der Waals surface area (Å²) in [6, 6.07) is 5.97. The van der Waals surface area contributed by atoms with Gasteiger partial charge in [-0.3, -0.25) is 4.79 Å². The van der Waals surface area contributed by atoms with Crippen molar-refractivity contribution in [2.24, 2.45) is 5.73 Å². The highest BCUT2D eigenvalue weighted by Gasteiger charge is 2.17. The molecule has 1 atom stereocenters. The third-order valence-electron chi connectivity index (χ3n) is 2.31. The largest absolute Gasteiger partial charge is 0.480 e. The first-order chi connectivity index (χ1) is 8.08. The van der Waals surface area contributed by atoms with Gasteiger partial charge >= 0.3 is 5.97 Å². The van der Waals surface area contributed by atoms with E-state index in [-0.39, 0.29) is 5.82 Å². The van der Waals surface area contributed by atoms with Gasteiger partial charge in [-0.1, -0.05) is 23.7 Å². The number of aromatic nitrogens is 2. The second-order valence-electron chi connectivity index (χ2n) is 3.50. The monoisotopic (exact) mass is 251 g/mol. The van der Waals surface area contributed by atoms with Crippen LogP contribution in [0.3, 0.4) is 0 Å². The number of nitrogens with one attached hydrogen (secondary N) is 1. The highest BCUT2D eigenvalue weighted by molar-refractivity contribution is 6.30. The second-order valence-corrected chi connectivity index (χ2v) is 3.94. The molecule has 0 fully saturated rings. The van der Waals surface area contributed by atoms with Crippen LogP contribution >= 0.6 is 11.6 Å². The molecule has 0 bridgehead atoms. The van der Waals surface area contributed by atoms with Gasteiger partial charge in [-0.25, -0.2) is 4.98 Å². The van der Waals surface area contributed by atoms with Gasteiger partial charge in [-0.2, -0.15) is 0 Å². The highest BCUT2D eigenvalue weighted by Crippen LogP contribution is 2.20. The van der Waals surface area contributed by atoms with E-state index >= 15 is 0 Å². The minimum absolute atomic E-state index is 0.224. The van der Waals surface area contributed by atoms with Crippen molar-refractivity contribution in [1.82, 2.24) is 9.97 Å². The number of nitrogens with zero attached hydrogens (tertiary/aromatic N) is 1. The summed E-state index contributed by atoms with van der Waals surface area (Å²) in [4.78, 5) is 17.5. The predicted molar refractivity (Wildman–Crippen MR) is 63.6 cm³/mol. The molecule has 6 heteroatoms. The molecule has 1 unspecified atom stereocenters. The van der Waals surface area contributed by atoms with Crippen LogP contribution in [-0.2, 0) is 4.79 Å². The fourth-order valence-electron chi connectivity index (χ4n) is 1.39. The molecule has 0 saturated carbocycles. The van der Waals surface area contributed by atoms with Crippen molar-refractivity contribution in [3.63, 3.8) is 0 Å². The molecule has 0 spiro atoms. The van der Waals surface area contributed by atoms with E-state index in [1.165, 1.54) is 0 Å². The Kier molecular flexibility index (Phi) is 3.12. The molecule has 0 aliphatic carbocycles. The first-order valence-corrected chi connectivity index (χ1v) is 5.25. The minimum Gasteiger partial charge on any atom is -0.480 e. The van der Waals surface area contributed by atoms with Crippen LogP contribution in [0.4, 0.5) is 0 Å². The summed E-state index contributed by atoms with van der Waals surface area (Å²) in [6.45, 7) is 0. The van der Waals surface area contributed by atoms with E-state index in [1.54, 1.807) is 18.3 Å². The number of carboxylic acids is 1. The van der Waals surface area contributed by atoms with Crippen molar-refractivity contribution in [2.45, 2.75) is 6.04 Å². The van der Waals surface area contributed by atoms with Crippen molar-refractivity contribution < 1.29 is 9.90 Å². The molecule has 0 radical (unpaired) electrons. The molecule has 0 aliphatic heterocycles. The van der Waals surface area contributed by atoms with Crippen LogP contribution in [0.5, 0.6) is 0 Å². The van der Waals surface area contributed by atoms with E-state index in [1.807, 2.05) is 12.1 Å². The maximum absolute atomic E-state index is 10.7. The molecule has 2 aromatic rings. The summed E-state index contributed by atoms with van der Waals surface area (Å²) in [5.41, 5.74) is 7.01. The molecule has 0 amide bonds. The van der Waals surface area contributed by atoms with E-state index < -0.39 is 12.0 Å². The number of halogens is 1. The molecule has 0 aliphatic rings. The Hall–Kier alpha value is -1.85. The van der Waals surface area contributed by atoms with Gasteiger partial charge in [0, 0.05) is 5.02 Å². The van der Waals surface area contributed by atoms with Gasteiger partial charge in [0.05, 0.1) is 11.9 Å². The van der Waals surface area contributed by atoms with Gasteiger partial charge in [0.15, 0.2) is 6.04 Å². The highest BCUT2D eigenvalue weighted by atomic mass is 35.5. The standard InChI is InChI=1S/C11H10ClN3O2/c12-7-3-1-6(2-4-7)8-5-14-10(15-8)9(13)11(16)17/h1-5,9H,13H2,(H,14,15)(H,16,17). The van der Waals surface area contributed by atoms with E-state index in [4.69, 9.17) is 22.4 Å². The summed E-state index contributed by atoms with van der Waals surface area (Å²) in [5.74, 6) is -0.899. The van der Waals surface area contributed by atoms with Crippen LogP contribution < -0.4 is 5.73 Å². The Balaban J connectivity index is 2.29. The maximum atomic E-state index is 10.7. The van der Waals surface area contributed by atoms with Crippen molar-refractivity contribution in [2.75, 3.05) is 0 Å². The number of hydrogen-bond acceptors (Lipinski definition) is 3. The summed E-state index contributed by atoms with van der Waals surface area (Å²) in [6.07, 6.45) is 1.54. The Labute approximate surface area is 102 Å². The van der Waals surface area contributed by atoms with E-state index in [9.17, 15) is 4.79 Å². The van der Waals surface area contributed by atoms with Gasteiger partial charge in [0.1, 0.15) is 5.82 Å². The number of rotatable bonds is 3. The van der Waals surface area contributed by atoms with E-state index in [0.717, 1.165) is 5.56 Å². The van der Waals surface area contributed by atoms with Crippen LogP contribution in [0.15, 0.2) is 30.5 Å². The number of nitrogens with two attached hydrogens (primary N) is 1. The smallest absolute Gasteiger partial charge is 0.328 e. The Bertz CT molecular complexity index is 536. The lowest BCUT2D eigenvalue weighted by Gasteiger charge is -2.01. The van der Waals surface area contributed by atoms with Crippen LogP contribution in [0.25, 0.3) is 11.3 Å². The molecule has 1 aromatic carbocycles. The van der Waals surface area contributed by atoms with Gasteiger partial charge < -0.3 is 15.8 Å². The summed E-state index contributed by atoms with van der Waals surface area (Å²) < 4.78 is 0. The Morgan fingerprint density at radius 1 is 1.41 bits per heavy atom. The van der Waals surface area contributed by atoms with Gasteiger partial charge in [0.2, 0.25) is 0 Å². The average Bonchev–Trinajstić information content (AvgIpc) is 2.78. The number of benzene rings is 1. The predicted octanol–water partition coefficient (Wildman–Crippen LogP) is 1.81. The van der Waals surface area contributed by atoms with Gasteiger partial charge in [0.25, 0.3) is 0 Å². The number of imidazole rings is 1. The number of aliphatic carboxylic acids is 1. The zero-order valence-electron chi connectivity index (χ0n) is 8.72. The molecular weight excluding hydrogens is 242 g/mol. The van der Waals surface area contributed by atoms with Crippen molar-refractivity contribution in [1.29, 1.82) is 0 Å². The molecule has 2 rings (SSSR count). The molecular formula is C11H10ClN3O2. The molecule has 4 N–H and O–H groups in total. The third kappa shape index (κ3) is 2.46. The van der Waals surface area contributed by atoms with Crippen LogP contribution in [-0.4, -0.2) is 21.0 Å². The van der Waals surface area contributed by atoms with Crippen LogP contribution in [0, 0.1) is 0 Å². The fraction of sp³-hybridized carbons (Fsp3) is 0.0909. The van der Waals surface area contributed by atoms with E-state index in [2.05, 4.69) is 9.97 Å². The second kappa shape index (κ2) is 4.57. The number of carbonyl (C=O) groups is 1. The van der Waals surface area contributed by atoms with Gasteiger partial charge in [-0.15, -0.1) is 0 Å². The summed E-state index contributed by atoms with van der Waals surface area (Å²) >= 11 is 5.77. The average molecular weight is 252 g/mol. The van der Waals surface area contributed by atoms with Crippen LogP contribution in [0.2, 0.25) is 5.02 Å². The number of aromatic amines is 1. The SMILES string of the molecule is NC(C(=O)O)c1ncc(-c2ccc(Cl)cc2)[nH]1. The summed E-state index contributed by atoms with van der Waals surface area (Å²) in [7, 11) is 0. The number of hydrogen-bond donors (Lipinski definition) is 3. The van der Waals surface area contributed by atoms with Crippen molar-refractivity contribution >= 4 is 17.6 Å². The molecule has 0 saturated heterocycles. The van der Waals surface area contributed by atoms with Crippen molar-refractivity contribution in [3.05, 3.63) is 41.3 Å². The molecule has 17 heavy (non-hydrogen) atoms. The quantitative estimate of drug-likeness (QED) is 0.776. The zero-order valence-corrected chi connectivity index (χ0v) is 9.48. The normalized spacial score (nSPS) is 12.4. The number of H-pyrrole nitrogens is 1. The lowest BCUT2D eigenvalue weighted by molar-refractivity contribution is -0.138. The fourth-order valence-corrected chi connectivity index (χ4v) is 1.51. The van der Waals surface area contributed by atoms with Gasteiger partial charge in [-0.05, 0) is 17.7 Å². The van der Waals surface area contributed by atoms with E-state index in [0.29, 0.717) is 10.7 Å². The topological polar surface area (TPSA) is 92.0 Å². The first-order valence-electron chi connectivity index (χ1n) is 4.87. The van der Waals surface area contributed by atoms with Crippen LogP contribution in [0.1, 0.15) is 11.9 Å². The maximum Gasteiger partial charge on any atom is 0.328 e. The Morgan fingerprint density at radius 3 is 2.65 bits per heavy atom. The third-order valence-corrected chi connectivity index (χ3v) is 2.56. The molecule has 1 aromatic heterocycles. The zero-order chi connectivity index (χ0) is 12.4. The summed E-state index contributed by atoms with van der Waals surface area (Å²) in [5, 5.41) is 9.38. The minimum atomic E-state index is -1.14.